The zero-order valence-corrected chi connectivity index (χ0v) is 14.2. The molecule has 8 heteroatoms. The molecule has 1 heterocycles. The fourth-order valence-electron chi connectivity index (χ4n) is 2.55. The molecular formula is C19H15N5O3. The van der Waals surface area contributed by atoms with Crippen LogP contribution in [0, 0.1) is 21.4 Å². The number of nitrogens with zero attached hydrogens (tertiary/aromatic N) is 4. The molecule has 0 aliphatic heterocycles. The highest BCUT2D eigenvalue weighted by molar-refractivity contribution is 5.94. The summed E-state index contributed by atoms with van der Waals surface area (Å²) in [6.45, 7) is 0.783. The Balaban J connectivity index is 1.66. The number of hydrogen-bond acceptors (Lipinski definition) is 5. The highest BCUT2D eigenvalue weighted by atomic mass is 16.6. The molecule has 0 unspecified atom stereocenters. The monoisotopic (exact) mass is 361 g/mol. The van der Waals surface area contributed by atoms with Crippen LogP contribution in [0.25, 0.3) is 0 Å². The molecule has 0 bridgehead atoms. The van der Waals surface area contributed by atoms with Gasteiger partial charge in [0.05, 0.1) is 35.1 Å². The number of nitrogens with one attached hydrogen (secondary N) is 1. The second kappa shape index (κ2) is 7.93. The van der Waals surface area contributed by atoms with E-state index in [0.717, 1.165) is 11.3 Å². The Morgan fingerprint density at radius 2 is 2.04 bits per heavy atom. The molecule has 8 nitrogen and oxygen atoms in total. The number of amides is 1. The largest absolute Gasteiger partial charge is 0.346 e. The van der Waals surface area contributed by atoms with Gasteiger partial charge in [0, 0.05) is 30.4 Å². The Bertz CT molecular complexity index is 1020. The van der Waals surface area contributed by atoms with E-state index in [-0.39, 0.29) is 17.8 Å². The van der Waals surface area contributed by atoms with Gasteiger partial charge in [-0.1, -0.05) is 18.2 Å². The molecule has 3 rings (SSSR count). The topological polar surface area (TPSA) is 114 Å². The number of hydrogen-bond donors (Lipinski definition) is 1. The van der Waals surface area contributed by atoms with Crippen molar-refractivity contribution in [2.75, 3.05) is 0 Å². The third kappa shape index (κ3) is 4.35. The predicted octanol–water partition coefficient (Wildman–Crippen LogP) is 2.64. The van der Waals surface area contributed by atoms with Gasteiger partial charge in [-0.25, -0.2) is 4.98 Å². The van der Waals surface area contributed by atoms with Crippen molar-refractivity contribution >= 4 is 11.6 Å². The van der Waals surface area contributed by atoms with Crippen LogP contribution in [0.5, 0.6) is 0 Å². The van der Waals surface area contributed by atoms with Crippen molar-refractivity contribution in [1.82, 2.24) is 14.9 Å². The lowest BCUT2D eigenvalue weighted by Gasteiger charge is -2.10. The average Bonchev–Trinajstić information content (AvgIpc) is 3.13. The minimum Gasteiger partial charge on any atom is -0.346 e. The molecule has 0 fully saturated rings. The maximum Gasteiger partial charge on any atom is 0.270 e. The van der Waals surface area contributed by atoms with E-state index in [0.29, 0.717) is 12.1 Å². The van der Waals surface area contributed by atoms with Crippen molar-refractivity contribution in [3.63, 3.8) is 0 Å². The quantitative estimate of drug-likeness (QED) is 0.535. The second-order valence-corrected chi connectivity index (χ2v) is 5.81. The third-order valence-corrected chi connectivity index (χ3v) is 3.98. The molecule has 0 atom stereocenters. The van der Waals surface area contributed by atoms with Gasteiger partial charge in [0.15, 0.2) is 0 Å². The fourth-order valence-corrected chi connectivity index (χ4v) is 2.55. The highest BCUT2D eigenvalue weighted by Crippen LogP contribution is 2.13. The summed E-state index contributed by atoms with van der Waals surface area (Å²) in [5.74, 6) is -0.398. The van der Waals surface area contributed by atoms with Crippen LogP contribution < -0.4 is 5.32 Å². The minimum absolute atomic E-state index is 0.131. The molecule has 1 N–H and O–H groups in total. The molecule has 27 heavy (non-hydrogen) atoms. The van der Waals surface area contributed by atoms with Crippen molar-refractivity contribution in [2.24, 2.45) is 0 Å². The SMILES string of the molecule is N#Cc1ccc(Cn2cncc2CNC(=O)c2cccc([N+](=O)[O-])c2)cc1. The molecule has 0 saturated carbocycles. The van der Waals surface area contributed by atoms with E-state index in [4.69, 9.17) is 5.26 Å². The number of nitro groups is 1. The number of carbonyl (C=O) groups excluding carboxylic acids is 1. The van der Waals surface area contributed by atoms with Gasteiger partial charge in [-0.2, -0.15) is 5.26 Å². The lowest BCUT2D eigenvalue weighted by molar-refractivity contribution is -0.384. The average molecular weight is 361 g/mol. The minimum atomic E-state index is -0.538. The van der Waals surface area contributed by atoms with Gasteiger partial charge in [-0.05, 0) is 23.8 Å². The van der Waals surface area contributed by atoms with Gasteiger partial charge >= 0.3 is 0 Å². The molecule has 0 aliphatic rings. The lowest BCUT2D eigenvalue weighted by Crippen LogP contribution is -2.24. The number of benzene rings is 2. The summed E-state index contributed by atoms with van der Waals surface area (Å²) in [4.78, 5) is 26.7. The van der Waals surface area contributed by atoms with E-state index in [1.807, 2.05) is 16.7 Å². The van der Waals surface area contributed by atoms with Crippen LogP contribution in [0.3, 0.4) is 0 Å². The van der Waals surface area contributed by atoms with Gasteiger partial charge in [0.25, 0.3) is 11.6 Å². The predicted molar refractivity (Wildman–Crippen MR) is 96.8 cm³/mol. The Kier molecular flexibility index (Phi) is 5.23. The first-order valence-corrected chi connectivity index (χ1v) is 8.07. The molecule has 0 aliphatic carbocycles. The molecule has 0 saturated heterocycles. The van der Waals surface area contributed by atoms with E-state index in [1.165, 1.54) is 24.3 Å². The zero-order valence-electron chi connectivity index (χ0n) is 14.2. The van der Waals surface area contributed by atoms with E-state index >= 15 is 0 Å². The van der Waals surface area contributed by atoms with Crippen LogP contribution in [0.15, 0.2) is 61.1 Å². The summed E-state index contributed by atoms with van der Waals surface area (Å²) < 4.78 is 1.88. The molecule has 134 valence electrons. The lowest BCUT2D eigenvalue weighted by atomic mass is 10.1. The molecule has 0 spiro atoms. The van der Waals surface area contributed by atoms with E-state index in [2.05, 4.69) is 16.4 Å². The van der Waals surface area contributed by atoms with Crippen molar-refractivity contribution in [2.45, 2.75) is 13.1 Å². The summed E-state index contributed by atoms with van der Waals surface area (Å²) in [6, 6.07) is 14.9. The third-order valence-electron chi connectivity index (χ3n) is 3.98. The normalized spacial score (nSPS) is 10.2. The molecule has 3 aromatic rings. The van der Waals surface area contributed by atoms with Gasteiger partial charge in [0.2, 0.25) is 0 Å². The van der Waals surface area contributed by atoms with E-state index in [1.54, 1.807) is 24.7 Å². The Morgan fingerprint density at radius 1 is 1.26 bits per heavy atom. The van der Waals surface area contributed by atoms with Crippen molar-refractivity contribution in [1.29, 1.82) is 5.26 Å². The smallest absolute Gasteiger partial charge is 0.270 e. The van der Waals surface area contributed by atoms with Crippen molar-refractivity contribution < 1.29 is 9.72 Å². The number of nitriles is 1. The van der Waals surface area contributed by atoms with Crippen molar-refractivity contribution in [3.8, 4) is 6.07 Å². The number of imidazole rings is 1. The van der Waals surface area contributed by atoms with E-state index < -0.39 is 10.8 Å². The highest BCUT2D eigenvalue weighted by Gasteiger charge is 2.12. The number of non-ortho nitro benzene ring substituents is 1. The van der Waals surface area contributed by atoms with Gasteiger partial charge in [0.1, 0.15) is 0 Å². The maximum absolute atomic E-state index is 12.3. The van der Waals surface area contributed by atoms with Gasteiger partial charge in [-0.15, -0.1) is 0 Å². The zero-order chi connectivity index (χ0) is 19.2. The van der Waals surface area contributed by atoms with Crippen LogP contribution in [-0.4, -0.2) is 20.4 Å². The summed E-state index contributed by atoms with van der Waals surface area (Å²) in [5, 5.41) is 22.4. The number of aromatic nitrogens is 2. The summed E-state index contributed by atoms with van der Waals surface area (Å²) >= 11 is 0. The summed E-state index contributed by atoms with van der Waals surface area (Å²) in [5.41, 5.74) is 2.47. The van der Waals surface area contributed by atoms with Crippen LogP contribution in [0.2, 0.25) is 0 Å². The standard InChI is InChI=1S/C19H15N5O3/c20-9-14-4-6-15(7-5-14)12-23-13-21-10-18(23)11-22-19(25)16-2-1-3-17(8-16)24(26)27/h1-8,10,13H,11-12H2,(H,22,25). The maximum atomic E-state index is 12.3. The second-order valence-electron chi connectivity index (χ2n) is 5.81. The van der Waals surface area contributed by atoms with Crippen molar-refractivity contribution in [3.05, 3.63) is 93.6 Å². The van der Waals surface area contributed by atoms with Crippen LogP contribution >= 0.6 is 0 Å². The first kappa shape index (κ1) is 17.8. The molecular weight excluding hydrogens is 346 g/mol. The number of carbonyl (C=O) groups is 1. The first-order valence-electron chi connectivity index (χ1n) is 8.07. The summed E-state index contributed by atoms with van der Waals surface area (Å²) in [6.07, 6.45) is 3.31. The van der Waals surface area contributed by atoms with E-state index in [9.17, 15) is 14.9 Å². The molecule has 1 aromatic heterocycles. The molecule has 2 aromatic carbocycles. The van der Waals surface area contributed by atoms with Gasteiger partial charge in [-0.3, -0.25) is 14.9 Å². The van der Waals surface area contributed by atoms with Crippen LogP contribution in [0.1, 0.15) is 27.2 Å². The van der Waals surface area contributed by atoms with Crippen LogP contribution in [0.4, 0.5) is 5.69 Å². The summed E-state index contributed by atoms with van der Waals surface area (Å²) in [7, 11) is 0. The molecule has 0 radical (unpaired) electrons. The Labute approximate surface area is 154 Å². The first-order chi connectivity index (χ1) is 13.1. The Hall–Kier alpha value is -3.99. The van der Waals surface area contributed by atoms with Gasteiger partial charge < -0.3 is 9.88 Å². The number of nitro benzene ring substituents is 1. The number of rotatable bonds is 6. The fraction of sp³-hybridized carbons (Fsp3) is 0.105. The Morgan fingerprint density at radius 3 is 2.74 bits per heavy atom. The van der Waals surface area contributed by atoms with Crippen LogP contribution in [-0.2, 0) is 13.1 Å². The molecule has 1 amide bonds.